The molecule has 0 aromatic heterocycles. The highest BCUT2D eigenvalue weighted by molar-refractivity contribution is 6.30. The van der Waals surface area contributed by atoms with E-state index in [1.165, 1.54) is 0 Å². The summed E-state index contributed by atoms with van der Waals surface area (Å²) in [6.45, 7) is 3.89. The van der Waals surface area contributed by atoms with Crippen LogP contribution in [0.15, 0.2) is 54.6 Å². The summed E-state index contributed by atoms with van der Waals surface area (Å²) >= 11 is 5.97. The van der Waals surface area contributed by atoms with Crippen LogP contribution in [0, 0.1) is 0 Å². The van der Waals surface area contributed by atoms with Gasteiger partial charge in [0.25, 0.3) is 11.8 Å². The minimum atomic E-state index is -0.920. The zero-order valence-corrected chi connectivity index (χ0v) is 21.2. The van der Waals surface area contributed by atoms with Crippen molar-refractivity contribution in [1.82, 2.24) is 19.6 Å². The lowest BCUT2D eigenvalue weighted by atomic mass is 9.96. The lowest BCUT2D eigenvalue weighted by molar-refractivity contribution is -0.139. The molecular weight excluding hydrogens is 480 g/mol. The maximum atomic E-state index is 13.8. The van der Waals surface area contributed by atoms with Crippen molar-refractivity contribution in [3.05, 3.63) is 70.7 Å². The second-order valence-corrected chi connectivity index (χ2v) is 10.2. The van der Waals surface area contributed by atoms with Gasteiger partial charge in [-0.2, -0.15) is 0 Å². The van der Waals surface area contributed by atoms with Gasteiger partial charge in [-0.25, -0.2) is 0 Å². The number of halogens is 1. The van der Waals surface area contributed by atoms with Gasteiger partial charge in [-0.05, 0) is 43.4 Å². The van der Waals surface area contributed by atoms with Crippen LogP contribution in [-0.2, 0) is 9.53 Å². The molecule has 0 saturated carbocycles. The lowest BCUT2D eigenvalue weighted by Gasteiger charge is -2.45. The maximum Gasteiger partial charge on any atom is 0.256 e. The van der Waals surface area contributed by atoms with Crippen LogP contribution in [-0.4, -0.2) is 102 Å². The zero-order valence-electron chi connectivity index (χ0n) is 20.4. The molecule has 0 radical (unpaired) electrons. The lowest BCUT2D eigenvalue weighted by Crippen LogP contribution is -2.61. The number of piperazine rings is 1. The highest BCUT2D eigenvalue weighted by Gasteiger charge is 2.55. The van der Waals surface area contributed by atoms with E-state index in [2.05, 4.69) is 4.90 Å². The predicted octanol–water partition coefficient (Wildman–Crippen LogP) is 2.59. The van der Waals surface area contributed by atoms with Gasteiger partial charge >= 0.3 is 0 Å². The third-order valence-electron chi connectivity index (χ3n) is 7.52. The number of ether oxygens (including phenoxy) is 1. The Morgan fingerprint density at radius 2 is 1.42 bits per heavy atom. The number of hydrogen-bond donors (Lipinski definition) is 0. The van der Waals surface area contributed by atoms with Crippen molar-refractivity contribution in [3.8, 4) is 0 Å². The summed E-state index contributed by atoms with van der Waals surface area (Å²) in [5.74, 6) is -0.354. The average Bonchev–Trinajstić information content (AvgIpc) is 3.27. The summed E-state index contributed by atoms with van der Waals surface area (Å²) in [5, 5.41) is 0.578. The molecule has 3 aliphatic rings. The molecular formula is C27H31ClN4O4. The van der Waals surface area contributed by atoms with Crippen molar-refractivity contribution in [2.24, 2.45) is 0 Å². The molecule has 3 heterocycles. The van der Waals surface area contributed by atoms with E-state index in [-0.39, 0.29) is 24.3 Å². The number of nitrogens with zero attached hydrogens (tertiary/aromatic N) is 4. The van der Waals surface area contributed by atoms with Crippen molar-refractivity contribution in [2.75, 3.05) is 52.9 Å². The first-order chi connectivity index (χ1) is 17.4. The first-order valence-corrected chi connectivity index (χ1v) is 12.8. The van der Waals surface area contributed by atoms with Crippen molar-refractivity contribution >= 4 is 29.3 Å². The van der Waals surface area contributed by atoms with Crippen molar-refractivity contribution in [1.29, 1.82) is 0 Å². The van der Waals surface area contributed by atoms with E-state index in [0.717, 1.165) is 13.1 Å². The van der Waals surface area contributed by atoms with Crippen LogP contribution in [0.1, 0.15) is 33.6 Å². The standard InChI is InChI=1S/C27H31ClN4O4/c1-29-15-17-31(18-16-29)26(35)23-19-36-27(32(23)25(34)20-5-3-2-4-6-20)11-13-30(14-12-27)24(33)21-7-9-22(28)10-8-21/h2-10,23H,11-19H2,1H3/t23-/m0/s1. The molecule has 3 fully saturated rings. The Hall–Kier alpha value is -2.94. The summed E-state index contributed by atoms with van der Waals surface area (Å²) in [7, 11) is 2.04. The van der Waals surface area contributed by atoms with E-state index in [0.29, 0.717) is 55.2 Å². The number of likely N-dealkylation sites (tertiary alicyclic amines) is 1. The van der Waals surface area contributed by atoms with Gasteiger partial charge in [-0.15, -0.1) is 0 Å². The van der Waals surface area contributed by atoms with Gasteiger partial charge in [0.2, 0.25) is 5.91 Å². The fourth-order valence-electron chi connectivity index (χ4n) is 5.35. The van der Waals surface area contributed by atoms with Gasteiger partial charge in [0.05, 0.1) is 6.61 Å². The molecule has 36 heavy (non-hydrogen) atoms. The maximum absolute atomic E-state index is 13.8. The molecule has 3 aliphatic heterocycles. The Morgan fingerprint density at radius 3 is 2.06 bits per heavy atom. The number of carbonyl (C=O) groups is 3. The number of rotatable bonds is 3. The summed E-state index contributed by atoms with van der Waals surface area (Å²) in [6, 6.07) is 15.2. The number of carbonyl (C=O) groups excluding carboxylic acids is 3. The Balaban J connectivity index is 1.37. The van der Waals surface area contributed by atoms with Crippen LogP contribution in [0.25, 0.3) is 0 Å². The molecule has 2 aromatic rings. The first kappa shape index (κ1) is 24.7. The minimum absolute atomic E-state index is 0.0658. The van der Waals surface area contributed by atoms with Gasteiger partial charge < -0.3 is 19.4 Å². The number of likely N-dealkylation sites (N-methyl/N-ethyl adjacent to an activating group) is 1. The highest BCUT2D eigenvalue weighted by atomic mass is 35.5. The SMILES string of the molecule is CN1CCN(C(=O)[C@@H]2COC3(CCN(C(=O)c4ccc(Cl)cc4)CC3)N2C(=O)c2ccccc2)CC1. The van der Waals surface area contributed by atoms with Crippen LogP contribution in [0.3, 0.4) is 0 Å². The van der Waals surface area contributed by atoms with Crippen molar-refractivity contribution in [2.45, 2.75) is 24.6 Å². The van der Waals surface area contributed by atoms with Crippen molar-refractivity contribution < 1.29 is 19.1 Å². The van der Waals surface area contributed by atoms with Gasteiger partial charge in [-0.3, -0.25) is 19.3 Å². The molecule has 3 saturated heterocycles. The van der Waals surface area contributed by atoms with Crippen LogP contribution >= 0.6 is 11.6 Å². The summed E-state index contributed by atoms with van der Waals surface area (Å²) in [4.78, 5) is 48.0. The number of hydrogen-bond acceptors (Lipinski definition) is 5. The molecule has 1 atom stereocenters. The van der Waals surface area contributed by atoms with Crippen LogP contribution < -0.4 is 0 Å². The van der Waals surface area contributed by atoms with E-state index in [1.807, 2.05) is 30.1 Å². The van der Waals surface area contributed by atoms with E-state index < -0.39 is 11.8 Å². The monoisotopic (exact) mass is 510 g/mol. The number of benzene rings is 2. The first-order valence-electron chi connectivity index (χ1n) is 12.4. The molecule has 0 aliphatic carbocycles. The number of amides is 3. The average molecular weight is 511 g/mol. The summed E-state index contributed by atoms with van der Waals surface area (Å²) in [6.07, 6.45) is 0.884. The van der Waals surface area contributed by atoms with E-state index >= 15 is 0 Å². The van der Waals surface area contributed by atoms with Crippen LogP contribution in [0.2, 0.25) is 5.02 Å². The normalized spacial score (nSPS) is 22.2. The fraction of sp³-hybridized carbons (Fsp3) is 0.444. The Bertz CT molecular complexity index is 1110. The second kappa shape index (κ2) is 10.2. The molecule has 0 unspecified atom stereocenters. The van der Waals surface area contributed by atoms with Gasteiger partial charge in [0.1, 0.15) is 11.8 Å². The predicted molar refractivity (Wildman–Crippen MR) is 136 cm³/mol. The molecule has 9 heteroatoms. The van der Waals surface area contributed by atoms with Crippen molar-refractivity contribution in [3.63, 3.8) is 0 Å². The van der Waals surface area contributed by atoms with Gasteiger partial charge in [0.15, 0.2) is 0 Å². The Morgan fingerprint density at radius 1 is 0.806 bits per heavy atom. The van der Waals surface area contributed by atoms with E-state index in [9.17, 15) is 14.4 Å². The molecule has 0 bridgehead atoms. The second-order valence-electron chi connectivity index (χ2n) is 9.74. The summed E-state index contributed by atoms with van der Waals surface area (Å²) in [5.41, 5.74) is 0.178. The molecule has 190 valence electrons. The zero-order chi connectivity index (χ0) is 25.3. The van der Waals surface area contributed by atoms with Crippen LogP contribution in [0.5, 0.6) is 0 Å². The Kier molecular flexibility index (Phi) is 7.01. The van der Waals surface area contributed by atoms with Gasteiger partial charge in [0, 0.05) is 68.3 Å². The fourth-order valence-corrected chi connectivity index (χ4v) is 5.47. The molecule has 1 spiro atoms. The molecule has 3 amide bonds. The molecule has 5 rings (SSSR count). The topological polar surface area (TPSA) is 73.4 Å². The molecule has 0 N–H and O–H groups in total. The van der Waals surface area contributed by atoms with E-state index in [4.69, 9.17) is 16.3 Å². The minimum Gasteiger partial charge on any atom is -0.353 e. The highest BCUT2D eigenvalue weighted by Crippen LogP contribution is 2.39. The number of piperidine rings is 1. The van der Waals surface area contributed by atoms with E-state index in [1.54, 1.807) is 46.2 Å². The summed E-state index contributed by atoms with van der Waals surface area (Å²) < 4.78 is 6.32. The quantitative estimate of drug-likeness (QED) is 0.634. The Labute approximate surface area is 216 Å². The van der Waals surface area contributed by atoms with Gasteiger partial charge in [-0.1, -0.05) is 29.8 Å². The third kappa shape index (κ3) is 4.73. The largest absolute Gasteiger partial charge is 0.353 e. The molecule has 2 aromatic carbocycles. The van der Waals surface area contributed by atoms with Crippen LogP contribution in [0.4, 0.5) is 0 Å². The molecule has 8 nitrogen and oxygen atoms in total. The third-order valence-corrected chi connectivity index (χ3v) is 7.78. The smallest absolute Gasteiger partial charge is 0.256 e.